The van der Waals surface area contributed by atoms with Crippen molar-refractivity contribution in [1.82, 2.24) is 5.32 Å². The highest BCUT2D eigenvalue weighted by molar-refractivity contribution is 5.87. The van der Waals surface area contributed by atoms with Gasteiger partial charge in [0.2, 0.25) is 0 Å². The summed E-state index contributed by atoms with van der Waals surface area (Å²) in [6.45, 7) is 2.56. The topological polar surface area (TPSA) is 83.8 Å². The molecule has 2 atom stereocenters. The molecule has 5 nitrogen and oxygen atoms in total. The SMILES string of the molecule is C[C@H](NCC(/C(N)=N/O)c1ccccc1)c1ccco1. The lowest BCUT2D eigenvalue weighted by atomic mass is 9.97. The summed E-state index contributed by atoms with van der Waals surface area (Å²) < 4.78 is 5.35. The molecule has 0 aliphatic rings. The lowest BCUT2D eigenvalue weighted by Crippen LogP contribution is -2.32. The van der Waals surface area contributed by atoms with Crippen molar-refractivity contribution >= 4 is 5.84 Å². The Morgan fingerprint density at radius 3 is 2.65 bits per heavy atom. The fraction of sp³-hybridized carbons (Fsp3) is 0.267. The van der Waals surface area contributed by atoms with Crippen LogP contribution in [0.4, 0.5) is 0 Å². The van der Waals surface area contributed by atoms with Crippen molar-refractivity contribution in [1.29, 1.82) is 0 Å². The molecule has 1 unspecified atom stereocenters. The number of benzene rings is 1. The number of oxime groups is 1. The molecule has 1 aromatic heterocycles. The highest BCUT2D eigenvalue weighted by Crippen LogP contribution is 2.18. The Bertz CT molecular complexity index is 538. The number of furan rings is 1. The maximum absolute atomic E-state index is 8.93. The van der Waals surface area contributed by atoms with E-state index in [-0.39, 0.29) is 17.8 Å². The van der Waals surface area contributed by atoms with E-state index in [2.05, 4.69) is 10.5 Å². The summed E-state index contributed by atoms with van der Waals surface area (Å²) in [7, 11) is 0. The van der Waals surface area contributed by atoms with Gasteiger partial charge in [-0.1, -0.05) is 35.5 Å². The van der Waals surface area contributed by atoms with Crippen LogP contribution in [0.25, 0.3) is 0 Å². The molecule has 0 fully saturated rings. The lowest BCUT2D eigenvalue weighted by molar-refractivity contribution is 0.315. The molecule has 0 bridgehead atoms. The Kier molecular flexibility index (Phi) is 4.79. The summed E-state index contributed by atoms with van der Waals surface area (Å²) >= 11 is 0. The van der Waals surface area contributed by atoms with Gasteiger partial charge in [0.05, 0.1) is 18.2 Å². The highest BCUT2D eigenvalue weighted by Gasteiger charge is 2.18. The molecule has 20 heavy (non-hydrogen) atoms. The number of rotatable bonds is 6. The number of nitrogens with two attached hydrogens (primary N) is 1. The predicted octanol–water partition coefficient (Wildman–Crippen LogP) is 2.46. The molecule has 106 valence electrons. The molecule has 4 N–H and O–H groups in total. The quantitative estimate of drug-likeness (QED) is 0.327. The van der Waals surface area contributed by atoms with Crippen molar-refractivity contribution in [2.24, 2.45) is 10.9 Å². The molecular weight excluding hydrogens is 254 g/mol. The minimum absolute atomic E-state index is 0.0581. The average Bonchev–Trinajstić information content (AvgIpc) is 3.02. The van der Waals surface area contributed by atoms with Gasteiger partial charge in [-0.05, 0) is 24.6 Å². The van der Waals surface area contributed by atoms with Crippen LogP contribution in [0.15, 0.2) is 58.3 Å². The average molecular weight is 273 g/mol. The van der Waals surface area contributed by atoms with Crippen LogP contribution in [0.5, 0.6) is 0 Å². The van der Waals surface area contributed by atoms with Gasteiger partial charge < -0.3 is 20.7 Å². The van der Waals surface area contributed by atoms with Crippen molar-refractivity contribution in [3.63, 3.8) is 0 Å². The van der Waals surface area contributed by atoms with Gasteiger partial charge in [0.1, 0.15) is 11.6 Å². The summed E-state index contributed by atoms with van der Waals surface area (Å²) in [4.78, 5) is 0. The summed E-state index contributed by atoms with van der Waals surface area (Å²) in [5.41, 5.74) is 6.79. The van der Waals surface area contributed by atoms with Gasteiger partial charge in [-0.2, -0.15) is 0 Å². The first kappa shape index (κ1) is 14.1. The zero-order valence-electron chi connectivity index (χ0n) is 11.4. The van der Waals surface area contributed by atoms with E-state index in [1.54, 1.807) is 6.26 Å². The number of nitrogens with one attached hydrogen (secondary N) is 1. The van der Waals surface area contributed by atoms with Crippen molar-refractivity contribution in [2.45, 2.75) is 18.9 Å². The molecule has 2 rings (SSSR count). The van der Waals surface area contributed by atoms with Crippen LogP contribution in [0.1, 0.15) is 30.2 Å². The summed E-state index contributed by atoms with van der Waals surface area (Å²) in [5, 5.41) is 15.4. The van der Waals surface area contributed by atoms with Gasteiger partial charge in [-0.15, -0.1) is 0 Å². The molecule has 0 spiro atoms. The van der Waals surface area contributed by atoms with E-state index in [1.165, 1.54) is 0 Å². The first-order valence-corrected chi connectivity index (χ1v) is 6.51. The molecule has 0 amide bonds. The third-order valence-electron chi connectivity index (χ3n) is 3.27. The summed E-state index contributed by atoms with van der Waals surface area (Å²) in [6.07, 6.45) is 1.64. The van der Waals surface area contributed by atoms with E-state index in [1.807, 2.05) is 49.4 Å². The Morgan fingerprint density at radius 2 is 2.05 bits per heavy atom. The standard InChI is InChI=1S/C15H19N3O2/c1-11(14-8-5-9-20-14)17-10-13(15(16)18-19)12-6-3-2-4-7-12/h2-9,11,13,17,19H,10H2,1H3,(H2,16,18)/t11-,13?/m0/s1. The molecule has 1 aromatic carbocycles. The minimum atomic E-state index is -0.182. The Hall–Kier alpha value is -2.27. The molecule has 0 radical (unpaired) electrons. The second-order valence-corrected chi connectivity index (χ2v) is 4.63. The first-order chi connectivity index (χ1) is 9.72. The van der Waals surface area contributed by atoms with Gasteiger partial charge in [-0.25, -0.2) is 0 Å². The van der Waals surface area contributed by atoms with Gasteiger partial charge in [-0.3, -0.25) is 0 Å². The first-order valence-electron chi connectivity index (χ1n) is 6.51. The number of hydrogen-bond acceptors (Lipinski definition) is 4. The van der Waals surface area contributed by atoms with Crippen LogP contribution in [0, 0.1) is 0 Å². The number of nitrogens with zero attached hydrogens (tertiary/aromatic N) is 1. The van der Waals surface area contributed by atoms with E-state index in [4.69, 9.17) is 15.4 Å². The maximum atomic E-state index is 8.93. The van der Waals surface area contributed by atoms with Crippen LogP contribution in [0.3, 0.4) is 0 Å². The molecule has 1 heterocycles. The Labute approximate surface area is 118 Å². The molecule has 0 aliphatic heterocycles. The Balaban J connectivity index is 2.06. The normalized spacial score (nSPS) is 14.9. The second kappa shape index (κ2) is 6.77. The summed E-state index contributed by atoms with van der Waals surface area (Å²) in [5.74, 6) is 0.866. The van der Waals surface area contributed by atoms with Crippen LogP contribution in [0.2, 0.25) is 0 Å². The van der Waals surface area contributed by atoms with Crippen molar-refractivity contribution < 1.29 is 9.62 Å². The molecule has 0 aliphatic carbocycles. The monoisotopic (exact) mass is 273 g/mol. The second-order valence-electron chi connectivity index (χ2n) is 4.63. The maximum Gasteiger partial charge on any atom is 0.147 e. The van der Waals surface area contributed by atoms with E-state index < -0.39 is 0 Å². The van der Waals surface area contributed by atoms with Crippen molar-refractivity contribution in [3.05, 3.63) is 60.1 Å². The number of hydrogen-bond donors (Lipinski definition) is 3. The van der Waals surface area contributed by atoms with Crippen LogP contribution >= 0.6 is 0 Å². The van der Waals surface area contributed by atoms with Crippen LogP contribution in [-0.4, -0.2) is 17.6 Å². The van der Waals surface area contributed by atoms with Gasteiger partial charge >= 0.3 is 0 Å². The minimum Gasteiger partial charge on any atom is -0.468 e. The van der Waals surface area contributed by atoms with E-state index in [9.17, 15) is 0 Å². The molecule has 5 heteroatoms. The summed E-state index contributed by atoms with van der Waals surface area (Å²) in [6, 6.07) is 13.6. The third-order valence-corrected chi connectivity index (χ3v) is 3.27. The molecular formula is C15H19N3O2. The molecule has 0 saturated heterocycles. The fourth-order valence-electron chi connectivity index (χ4n) is 2.08. The van der Waals surface area contributed by atoms with Gasteiger partial charge in [0.15, 0.2) is 0 Å². The highest BCUT2D eigenvalue weighted by atomic mass is 16.4. The Morgan fingerprint density at radius 1 is 1.30 bits per heavy atom. The largest absolute Gasteiger partial charge is 0.468 e. The van der Waals surface area contributed by atoms with E-state index >= 15 is 0 Å². The van der Waals surface area contributed by atoms with Crippen molar-refractivity contribution in [3.8, 4) is 0 Å². The zero-order valence-corrected chi connectivity index (χ0v) is 11.4. The predicted molar refractivity (Wildman–Crippen MR) is 77.7 cm³/mol. The zero-order chi connectivity index (χ0) is 14.4. The smallest absolute Gasteiger partial charge is 0.147 e. The van der Waals surface area contributed by atoms with Gasteiger partial charge in [0, 0.05) is 6.54 Å². The van der Waals surface area contributed by atoms with Crippen LogP contribution in [-0.2, 0) is 0 Å². The van der Waals surface area contributed by atoms with Gasteiger partial charge in [0.25, 0.3) is 0 Å². The molecule has 2 aromatic rings. The fourth-order valence-corrected chi connectivity index (χ4v) is 2.08. The van der Waals surface area contributed by atoms with E-state index in [0.717, 1.165) is 11.3 Å². The lowest BCUT2D eigenvalue weighted by Gasteiger charge is -2.19. The third kappa shape index (κ3) is 3.39. The van der Waals surface area contributed by atoms with Crippen molar-refractivity contribution in [2.75, 3.05) is 6.54 Å². The van der Waals surface area contributed by atoms with Crippen LogP contribution < -0.4 is 11.1 Å². The van der Waals surface area contributed by atoms with E-state index in [0.29, 0.717) is 6.54 Å². The number of amidine groups is 1. The molecule has 0 saturated carbocycles.